The quantitative estimate of drug-likeness (QED) is 0.851. The molecule has 2 heterocycles. The first-order valence-electron chi connectivity index (χ1n) is 6.91. The number of aryl methyl sites for hydroxylation is 1. The van der Waals surface area contributed by atoms with Gasteiger partial charge in [-0.2, -0.15) is 0 Å². The van der Waals surface area contributed by atoms with Crippen LogP contribution in [0.1, 0.15) is 36.6 Å². The highest BCUT2D eigenvalue weighted by molar-refractivity contribution is 7.07. The predicted molar refractivity (Wildman–Crippen MR) is 82.7 cm³/mol. The van der Waals surface area contributed by atoms with Gasteiger partial charge in [0.25, 0.3) is 0 Å². The topological polar surface area (TPSA) is 41.3 Å². The van der Waals surface area contributed by atoms with Gasteiger partial charge < -0.3 is 9.73 Å². The van der Waals surface area contributed by atoms with Crippen LogP contribution in [0.5, 0.6) is 0 Å². The molecule has 5 heteroatoms. The van der Waals surface area contributed by atoms with Gasteiger partial charge in [0, 0.05) is 30.1 Å². The molecule has 0 aliphatic rings. The van der Waals surface area contributed by atoms with Gasteiger partial charge in [-0.05, 0) is 20.0 Å². The molecule has 0 spiro atoms. The zero-order valence-corrected chi connectivity index (χ0v) is 13.5. The van der Waals surface area contributed by atoms with Crippen molar-refractivity contribution >= 4 is 11.3 Å². The van der Waals surface area contributed by atoms with E-state index < -0.39 is 0 Å². The van der Waals surface area contributed by atoms with Crippen molar-refractivity contribution < 1.29 is 4.42 Å². The van der Waals surface area contributed by atoms with Crippen LogP contribution in [0.2, 0.25) is 0 Å². The van der Waals surface area contributed by atoms with E-state index in [1.54, 1.807) is 11.3 Å². The highest BCUT2D eigenvalue weighted by atomic mass is 32.1. The lowest BCUT2D eigenvalue weighted by Gasteiger charge is -2.13. The highest BCUT2D eigenvalue weighted by Crippen LogP contribution is 2.17. The summed E-state index contributed by atoms with van der Waals surface area (Å²) in [5.41, 5.74) is 4.23. The monoisotopic (exact) mass is 293 g/mol. The van der Waals surface area contributed by atoms with Crippen LogP contribution in [0, 0.1) is 6.92 Å². The maximum Gasteiger partial charge on any atom is 0.118 e. The van der Waals surface area contributed by atoms with Crippen molar-refractivity contribution in [3.8, 4) is 0 Å². The number of nitrogens with zero attached hydrogens (tertiary/aromatic N) is 2. The molecule has 0 aromatic carbocycles. The van der Waals surface area contributed by atoms with E-state index in [9.17, 15) is 0 Å². The summed E-state index contributed by atoms with van der Waals surface area (Å²) in [4.78, 5) is 6.52. The fraction of sp³-hybridized carbons (Fsp3) is 0.533. The molecule has 0 saturated heterocycles. The van der Waals surface area contributed by atoms with Crippen molar-refractivity contribution in [1.29, 1.82) is 0 Å². The van der Waals surface area contributed by atoms with Crippen molar-refractivity contribution in [2.24, 2.45) is 0 Å². The largest absolute Gasteiger partial charge is 0.465 e. The second-order valence-electron chi connectivity index (χ2n) is 5.48. The standard InChI is InChI=1S/C15H23N3OS/c1-11(2)16-6-13-5-15(19-12(13)3)8-18(4)7-14-9-20-10-17-14/h5,9-11,16H,6-8H2,1-4H3. The van der Waals surface area contributed by atoms with Gasteiger partial charge in [0.15, 0.2) is 0 Å². The maximum absolute atomic E-state index is 5.84. The number of thiazole rings is 1. The molecule has 0 fully saturated rings. The Labute approximate surface area is 124 Å². The number of hydrogen-bond donors (Lipinski definition) is 1. The molecule has 0 radical (unpaired) electrons. The minimum absolute atomic E-state index is 0.486. The van der Waals surface area contributed by atoms with Crippen molar-refractivity contribution in [3.63, 3.8) is 0 Å². The molecular formula is C15H23N3OS. The number of rotatable bonds is 7. The highest BCUT2D eigenvalue weighted by Gasteiger charge is 2.10. The molecule has 0 aliphatic heterocycles. The average molecular weight is 293 g/mol. The summed E-state index contributed by atoms with van der Waals surface area (Å²) in [5.74, 6) is 2.02. The summed E-state index contributed by atoms with van der Waals surface area (Å²) < 4.78 is 5.84. The number of furan rings is 1. The van der Waals surface area contributed by atoms with Gasteiger partial charge in [-0.15, -0.1) is 11.3 Å². The molecular weight excluding hydrogens is 270 g/mol. The molecule has 0 bridgehead atoms. The second-order valence-corrected chi connectivity index (χ2v) is 6.20. The first kappa shape index (κ1) is 15.2. The van der Waals surface area contributed by atoms with Gasteiger partial charge in [0.1, 0.15) is 11.5 Å². The molecule has 0 aliphatic carbocycles. The summed E-state index contributed by atoms with van der Waals surface area (Å²) in [7, 11) is 2.09. The normalized spacial score (nSPS) is 11.7. The second kappa shape index (κ2) is 7.02. The van der Waals surface area contributed by atoms with E-state index in [0.29, 0.717) is 6.04 Å². The van der Waals surface area contributed by atoms with E-state index in [0.717, 1.165) is 36.8 Å². The van der Waals surface area contributed by atoms with E-state index in [4.69, 9.17) is 4.42 Å². The molecule has 0 amide bonds. The number of aromatic nitrogens is 1. The third kappa shape index (κ3) is 4.44. The Bertz CT molecular complexity index is 519. The molecule has 0 unspecified atom stereocenters. The van der Waals surface area contributed by atoms with Crippen LogP contribution in [0.15, 0.2) is 21.4 Å². The molecule has 4 nitrogen and oxygen atoms in total. The van der Waals surface area contributed by atoms with Crippen LogP contribution in [0.25, 0.3) is 0 Å². The van der Waals surface area contributed by atoms with Crippen molar-refractivity contribution in [3.05, 3.63) is 39.7 Å². The molecule has 110 valence electrons. The maximum atomic E-state index is 5.84. The van der Waals surface area contributed by atoms with Crippen LogP contribution < -0.4 is 5.32 Å². The fourth-order valence-corrected chi connectivity index (χ4v) is 2.62. The van der Waals surface area contributed by atoms with Crippen LogP contribution in [-0.4, -0.2) is 23.0 Å². The third-order valence-electron chi connectivity index (χ3n) is 3.11. The lowest BCUT2D eigenvalue weighted by Crippen LogP contribution is -2.21. The minimum atomic E-state index is 0.486. The molecule has 1 N–H and O–H groups in total. The van der Waals surface area contributed by atoms with E-state index in [1.165, 1.54) is 5.56 Å². The summed E-state index contributed by atoms with van der Waals surface area (Å²) in [5, 5.41) is 5.51. The lowest BCUT2D eigenvalue weighted by atomic mass is 10.2. The molecule has 2 rings (SSSR count). The summed E-state index contributed by atoms with van der Waals surface area (Å²) in [6.07, 6.45) is 0. The molecule has 0 saturated carbocycles. The molecule has 2 aromatic heterocycles. The fourth-order valence-electron chi connectivity index (χ4n) is 2.07. The lowest BCUT2D eigenvalue weighted by molar-refractivity contribution is 0.282. The smallest absolute Gasteiger partial charge is 0.118 e. The number of nitrogens with one attached hydrogen (secondary N) is 1. The van der Waals surface area contributed by atoms with Crippen LogP contribution in [-0.2, 0) is 19.6 Å². The first-order chi connectivity index (χ1) is 9.54. The first-order valence-corrected chi connectivity index (χ1v) is 7.86. The Morgan fingerprint density at radius 2 is 2.20 bits per heavy atom. The zero-order chi connectivity index (χ0) is 14.5. The average Bonchev–Trinajstić information content (AvgIpc) is 2.97. The third-order valence-corrected chi connectivity index (χ3v) is 3.75. The summed E-state index contributed by atoms with van der Waals surface area (Å²) in [6, 6.07) is 2.64. The summed E-state index contributed by atoms with van der Waals surface area (Å²) >= 11 is 1.63. The van der Waals surface area contributed by atoms with Crippen molar-refractivity contribution in [1.82, 2.24) is 15.2 Å². The molecule has 20 heavy (non-hydrogen) atoms. The van der Waals surface area contributed by atoms with Crippen LogP contribution in [0.4, 0.5) is 0 Å². The van der Waals surface area contributed by atoms with Gasteiger partial charge in [-0.3, -0.25) is 4.90 Å². The van der Waals surface area contributed by atoms with Crippen LogP contribution in [0.3, 0.4) is 0 Å². The molecule has 0 atom stereocenters. The van der Waals surface area contributed by atoms with Gasteiger partial charge in [0.2, 0.25) is 0 Å². The van der Waals surface area contributed by atoms with E-state index >= 15 is 0 Å². The van der Waals surface area contributed by atoms with Gasteiger partial charge in [0.05, 0.1) is 17.7 Å². The summed E-state index contributed by atoms with van der Waals surface area (Å²) in [6.45, 7) is 8.85. The Kier molecular flexibility index (Phi) is 5.34. The zero-order valence-electron chi connectivity index (χ0n) is 12.6. The number of hydrogen-bond acceptors (Lipinski definition) is 5. The van der Waals surface area contributed by atoms with Crippen molar-refractivity contribution in [2.75, 3.05) is 7.05 Å². The Morgan fingerprint density at radius 1 is 1.40 bits per heavy atom. The predicted octanol–water partition coefficient (Wildman–Crippen LogP) is 3.17. The SMILES string of the molecule is Cc1oc(CN(C)Cc2cscn2)cc1CNC(C)C. The molecule has 2 aromatic rings. The van der Waals surface area contributed by atoms with E-state index in [2.05, 4.69) is 47.5 Å². The van der Waals surface area contributed by atoms with E-state index in [1.807, 2.05) is 12.4 Å². The van der Waals surface area contributed by atoms with Crippen LogP contribution >= 0.6 is 11.3 Å². The van der Waals surface area contributed by atoms with Crippen molar-refractivity contribution in [2.45, 2.75) is 46.4 Å². The van der Waals surface area contributed by atoms with E-state index in [-0.39, 0.29) is 0 Å². The van der Waals surface area contributed by atoms with Gasteiger partial charge in [-0.25, -0.2) is 4.98 Å². The Balaban J connectivity index is 1.90. The van der Waals surface area contributed by atoms with Gasteiger partial charge >= 0.3 is 0 Å². The Morgan fingerprint density at radius 3 is 2.85 bits per heavy atom. The Hall–Kier alpha value is -1.17. The van der Waals surface area contributed by atoms with Gasteiger partial charge in [-0.1, -0.05) is 13.8 Å². The minimum Gasteiger partial charge on any atom is -0.465 e.